The molecule has 0 saturated heterocycles. The number of ether oxygens (including phenoxy) is 1. The maximum absolute atomic E-state index is 13.8. The third kappa shape index (κ3) is 3.16. The number of nitro groups is 1. The molecule has 6 nitrogen and oxygen atoms in total. The number of hydrogen-bond acceptors (Lipinski definition) is 5. The smallest absolute Gasteiger partial charge is 0.313 e. The number of nitro benzene ring substituents is 1. The molecule has 7 heteroatoms. The number of halogens is 1. The fraction of sp³-hybridized carbons (Fsp3) is 0.538. The Morgan fingerprint density at radius 2 is 2.30 bits per heavy atom. The first-order chi connectivity index (χ1) is 9.51. The Kier molecular flexibility index (Phi) is 4.39. The Bertz CT molecular complexity index is 509. The summed E-state index contributed by atoms with van der Waals surface area (Å²) in [5.41, 5.74) is -0.222. The van der Waals surface area contributed by atoms with E-state index in [1.165, 1.54) is 13.2 Å². The van der Waals surface area contributed by atoms with Crippen LogP contribution in [0.25, 0.3) is 0 Å². The average Bonchev–Trinajstić information content (AvgIpc) is 2.82. The van der Waals surface area contributed by atoms with Gasteiger partial charge in [-0.2, -0.15) is 0 Å². The molecule has 2 unspecified atom stereocenters. The van der Waals surface area contributed by atoms with Crippen LogP contribution in [0.15, 0.2) is 12.1 Å². The second kappa shape index (κ2) is 6.04. The van der Waals surface area contributed by atoms with Crippen LogP contribution in [-0.2, 0) is 0 Å². The minimum atomic E-state index is -0.684. The van der Waals surface area contributed by atoms with Gasteiger partial charge in [-0.25, -0.2) is 4.39 Å². The molecule has 20 heavy (non-hydrogen) atoms. The highest BCUT2D eigenvalue weighted by atomic mass is 19.1. The summed E-state index contributed by atoms with van der Waals surface area (Å²) in [6.07, 6.45) is 2.06. The molecule has 0 aliphatic heterocycles. The van der Waals surface area contributed by atoms with Crippen LogP contribution >= 0.6 is 0 Å². The van der Waals surface area contributed by atoms with Crippen molar-refractivity contribution in [3.63, 3.8) is 0 Å². The Hall–Kier alpha value is -1.89. The van der Waals surface area contributed by atoms with Gasteiger partial charge in [0.15, 0.2) is 11.6 Å². The number of aliphatic hydroxyl groups is 1. The van der Waals surface area contributed by atoms with Gasteiger partial charge in [-0.3, -0.25) is 10.1 Å². The van der Waals surface area contributed by atoms with Gasteiger partial charge in [0.05, 0.1) is 29.9 Å². The highest BCUT2D eigenvalue weighted by molar-refractivity contribution is 5.59. The van der Waals surface area contributed by atoms with Crippen LogP contribution in [0.4, 0.5) is 15.8 Å². The molecule has 2 N–H and O–H groups in total. The fourth-order valence-corrected chi connectivity index (χ4v) is 2.47. The predicted octanol–water partition coefficient (Wildman–Crippen LogP) is 2.32. The topological polar surface area (TPSA) is 84.6 Å². The molecule has 1 aromatic carbocycles. The molecule has 110 valence electrons. The summed E-state index contributed by atoms with van der Waals surface area (Å²) >= 11 is 0. The van der Waals surface area contributed by atoms with Gasteiger partial charge in [-0.1, -0.05) is 0 Å². The third-order valence-corrected chi connectivity index (χ3v) is 3.56. The monoisotopic (exact) mass is 284 g/mol. The molecule has 1 fully saturated rings. The summed E-state index contributed by atoms with van der Waals surface area (Å²) < 4.78 is 18.7. The molecule has 1 aliphatic rings. The molecular formula is C13H17FN2O4. The first-order valence-corrected chi connectivity index (χ1v) is 6.45. The van der Waals surface area contributed by atoms with Crippen LogP contribution in [0.1, 0.15) is 19.3 Å². The Balaban J connectivity index is 2.09. The summed E-state index contributed by atoms with van der Waals surface area (Å²) in [6, 6.07) is 2.14. The molecule has 2 atom stereocenters. The van der Waals surface area contributed by atoms with Gasteiger partial charge in [0.2, 0.25) is 0 Å². The van der Waals surface area contributed by atoms with E-state index in [0.29, 0.717) is 13.0 Å². The van der Waals surface area contributed by atoms with Crippen LogP contribution in [0.5, 0.6) is 5.75 Å². The zero-order chi connectivity index (χ0) is 14.7. The molecule has 1 aliphatic carbocycles. The Labute approximate surface area is 115 Å². The number of nitrogens with one attached hydrogen (secondary N) is 1. The van der Waals surface area contributed by atoms with Crippen molar-refractivity contribution >= 4 is 11.4 Å². The van der Waals surface area contributed by atoms with Gasteiger partial charge >= 0.3 is 5.69 Å². The SMILES string of the molecule is COc1cc(NCC2CCC(O)C2)c(F)cc1[N+](=O)[O-]. The lowest BCUT2D eigenvalue weighted by Crippen LogP contribution is -2.13. The number of nitrogens with zero attached hydrogens (tertiary/aromatic N) is 1. The first kappa shape index (κ1) is 14.5. The molecule has 0 radical (unpaired) electrons. The van der Waals surface area contributed by atoms with E-state index in [4.69, 9.17) is 4.74 Å². The number of rotatable bonds is 5. The van der Waals surface area contributed by atoms with E-state index in [2.05, 4.69) is 5.32 Å². The highest BCUT2D eigenvalue weighted by Gasteiger charge is 2.24. The Morgan fingerprint density at radius 3 is 2.85 bits per heavy atom. The van der Waals surface area contributed by atoms with Crippen LogP contribution in [0, 0.1) is 21.8 Å². The van der Waals surface area contributed by atoms with Crippen molar-refractivity contribution in [2.24, 2.45) is 5.92 Å². The van der Waals surface area contributed by atoms with Gasteiger partial charge < -0.3 is 15.2 Å². The van der Waals surface area contributed by atoms with Crippen molar-refractivity contribution in [2.45, 2.75) is 25.4 Å². The number of methoxy groups -OCH3 is 1. The van der Waals surface area contributed by atoms with Gasteiger partial charge in [0, 0.05) is 12.6 Å². The maximum atomic E-state index is 13.8. The van der Waals surface area contributed by atoms with Crippen molar-refractivity contribution < 1.29 is 19.2 Å². The fourth-order valence-electron chi connectivity index (χ4n) is 2.47. The molecule has 0 heterocycles. The standard InChI is InChI=1S/C13H17FN2O4/c1-20-13-6-11(10(14)5-12(13)16(18)19)15-7-8-2-3-9(17)4-8/h5-6,8-9,15,17H,2-4,7H2,1H3. The third-order valence-electron chi connectivity index (χ3n) is 3.56. The van der Waals surface area contributed by atoms with Gasteiger partial charge in [0.25, 0.3) is 0 Å². The lowest BCUT2D eigenvalue weighted by atomic mass is 10.1. The molecule has 0 aromatic heterocycles. The second-order valence-corrected chi connectivity index (χ2v) is 4.97. The summed E-state index contributed by atoms with van der Waals surface area (Å²) in [7, 11) is 1.30. The zero-order valence-corrected chi connectivity index (χ0v) is 11.1. The molecule has 2 rings (SSSR count). The minimum absolute atomic E-state index is 0.0188. The number of anilines is 1. The van der Waals surface area contributed by atoms with Crippen LogP contribution < -0.4 is 10.1 Å². The lowest BCUT2D eigenvalue weighted by Gasteiger charge is -2.13. The largest absolute Gasteiger partial charge is 0.490 e. The number of aliphatic hydroxyl groups excluding tert-OH is 1. The van der Waals surface area contributed by atoms with E-state index in [1.807, 2.05) is 0 Å². The summed E-state index contributed by atoms with van der Waals surface area (Å²) in [6.45, 7) is 0.523. The lowest BCUT2D eigenvalue weighted by molar-refractivity contribution is -0.385. The molecule has 0 amide bonds. The number of hydrogen-bond donors (Lipinski definition) is 2. The van der Waals surface area contributed by atoms with E-state index >= 15 is 0 Å². The second-order valence-electron chi connectivity index (χ2n) is 4.97. The zero-order valence-electron chi connectivity index (χ0n) is 11.1. The van der Waals surface area contributed by atoms with E-state index in [9.17, 15) is 19.6 Å². The molecule has 0 spiro atoms. The molecule has 1 saturated carbocycles. The summed E-state index contributed by atoms with van der Waals surface area (Å²) in [5.74, 6) is -0.382. The van der Waals surface area contributed by atoms with Gasteiger partial charge in [0.1, 0.15) is 0 Å². The quantitative estimate of drug-likeness (QED) is 0.640. The van der Waals surface area contributed by atoms with Gasteiger partial charge in [-0.05, 0) is 25.2 Å². The van der Waals surface area contributed by atoms with Crippen molar-refractivity contribution in [1.82, 2.24) is 0 Å². The molecular weight excluding hydrogens is 267 g/mol. The summed E-state index contributed by atoms with van der Waals surface area (Å²) in [5, 5.41) is 23.1. The number of benzene rings is 1. The van der Waals surface area contributed by atoms with Crippen molar-refractivity contribution in [2.75, 3.05) is 19.0 Å². The predicted molar refractivity (Wildman–Crippen MR) is 71.4 cm³/mol. The van der Waals surface area contributed by atoms with Gasteiger partial charge in [-0.15, -0.1) is 0 Å². The minimum Gasteiger partial charge on any atom is -0.490 e. The normalized spacial score (nSPS) is 21.8. The van der Waals surface area contributed by atoms with E-state index in [1.54, 1.807) is 0 Å². The molecule has 0 bridgehead atoms. The van der Waals surface area contributed by atoms with Crippen molar-refractivity contribution in [3.05, 3.63) is 28.1 Å². The maximum Gasteiger partial charge on any atom is 0.313 e. The van der Waals surface area contributed by atoms with Crippen LogP contribution in [-0.4, -0.2) is 29.8 Å². The highest BCUT2D eigenvalue weighted by Crippen LogP contribution is 2.33. The van der Waals surface area contributed by atoms with Crippen LogP contribution in [0.3, 0.4) is 0 Å². The van der Waals surface area contributed by atoms with Crippen molar-refractivity contribution in [1.29, 1.82) is 0 Å². The van der Waals surface area contributed by atoms with E-state index in [0.717, 1.165) is 18.9 Å². The Morgan fingerprint density at radius 1 is 1.55 bits per heavy atom. The van der Waals surface area contributed by atoms with Crippen LogP contribution in [0.2, 0.25) is 0 Å². The van der Waals surface area contributed by atoms with Crippen molar-refractivity contribution in [3.8, 4) is 5.75 Å². The first-order valence-electron chi connectivity index (χ1n) is 6.45. The van der Waals surface area contributed by atoms with E-state index < -0.39 is 16.4 Å². The molecule has 1 aromatic rings. The average molecular weight is 284 g/mol. The summed E-state index contributed by atoms with van der Waals surface area (Å²) in [4.78, 5) is 10.1. The van der Waals surface area contributed by atoms with E-state index in [-0.39, 0.29) is 23.5 Å².